The van der Waals surface area contributed by atoms with Crippen LogP contribution in [0.3, 0.4) is 0 Å². The molecule has 3 aromatic rings. The maximum atomic E-state index is 14.1. The highest BCUT2D eigenvalue weighted by Crippen LogP contribution is 2.30. The first-order chi connectivity index (χ1) is 20.0. The van der Waals surface area contributed by atoms with Crippen LogP contribution in [-0.2, 0) is 26.2 Å². The van der Waals surface area contributed by atoms with Gasteiger partial charge in [-0.2, -0.15) is 0 Å². The molecule has 3 aromatic carbocycles. The number of aryl methyl sites for hydroxylation is 2. The van der Waals surface area contributed by atoms with Gasteiger partial charge in [-0.1, -0.05) is 72.3 Å². The van der Waals surface area contributed by atoms with Gasteiger partial charge in [0.1, 0.15) is 12.6 Å². The van der Waals surface area contributed by atoms with Crippen LogP contribution in [-0.4, -0.2) is 43.8 Å². The van der Waals surface area contributed by atoms with Gasteiger partial charge < -0.3 is 10.2 Å². The van der Waals surface area contributed by atoms with Crippen LogP contribution in [0.2, 0.25) is 10.0 Å². The van der Waals surface area contributed by atoms with Crippen LogP contribution in [0.15, 0.2) is 71.6 Å². The van der Waals surface area contributed by atoms with Gasteiger partial charge in [-0.3, -0.25) is 13.9 Å². The maximum Gasteiger partial charge on any atom is 0.264 e. The van der Waals surface area contributed by atoms with Crippen molar-refractivity contribution in [2.45, 2.75) is 76.4 Å². The van der Waals surface area contributed by atoms with E-state index in [1.165, 1.54) is 17.0 Å². The number of carbonyl (C=O) groups excluding carboxylic acids is 2. The molecule has 0 unspecified atom stereocenters. The molecule has 1 aliphatic carbocycles. The molecule has 224 valence electrons. The molecule has 0 saturated heterocycles. The number of nitrogens with zero attached hydrogens (tertiary/aromatic N) is 2. The SMILES string of the molecule is Cc1ccc(S(=O)(=O)N(CC(=O)N(Cc2cccc(Cl)c2)[C@@H](C)C(=O)NC2CCCCC2)c2ccc(Cl)cc2C)cc1. The van der Waals surface area contributed by atoms with Crippen LogP contribution >= 0.6 is 23.2 Å². The van der Waals surface area contributed by atoms with E-state index in [-0.39, 0.29) is 23.4 Å². The minimum Gasteiger partial charge on any atom is -0.352 e. The van der Waals surface area contributed by atoms with E-state index in [0.29, 0.717) is 21.3 Å². The van der Waals surface area contributed by atoms with Crippen LogP contribution in [0.1, 0.15) is 55.7 Å². The lowest BCUT2D eigenvalue weighted by Gasteiger charge is -2.33. The Hall–Kier alpha value is -3.07. The van der Waals surface area contributed by atoms with Crippen molar-refractivity contribution < 1.29 is 18.0 Å². The van der Waals surface area contributed by atoms with Crippen LogP contribution in [0.5, 0.6) is 0 Å². The summed E-state index contributed by atoms with van der Waals surface area (Å²) in [7, 11) is -4.16. The second-order valence-corrected chi connectivity index (χ2v) is 13.7. The Morgan fingerprint density at radius 2 is 1.60 bits per heavy atom. The van der Waals surface area contributed by atoms with Crippen molar-refractivity contribution in [3.05, 3.63) is 93.5 Å². The molecule has 0 spiro atoms. The molecule has 0 bridgehead atoms. The molecule has 2 amide bonds. The molecule has 0 heterocycles. The zero-order valence-corrected chi connectivity index (χ0v) is 26.5. The number of rotatable bonds is 10. The summed E-state index contributed by atoms with van der Waals surface area (Å²) >= 11 is 12.4. The van der Waals surface area contributed by atoms with E-state index < -0.39 is 28.5 Å². The van der Waals surface area contributed by atoms with Crippen molar-refractivity contribution in [2.24, 2.45) is 0 Å². The molecule has 0 aliphatic heterocycles. The van der Waals surface area contributed by atoms with Gasteiger partial charge in [-0.15, -0.1) is 0 Å². The molecular formula is C32H37Cl2N3O4S. The predicted molar refractivity (Wildman–Crippen MR) is 168 cm³/mol. The van der Waals surface area contributed by atoms with Gasteiger partial charge in [0.15, 0.2) is 0 Å². The molecule has 1 N–H and O–H groups in total. The molecule has 1 fully saturated rings. The fourth-order valence-corrected chi connectivity index (χ4v) is 7.15. The number of anilines is 1. The van der Waals surface area contributed by atoms with Gasteiger partial charge in [-0.05, 0) is 87.2 Å². The number of sulfonamides is 1. The number of nitrogens with one attached hydrogen (secondary N) is 1. The first-order valence-electron chi connectivity index (χ1n) is 14.2. The molecular weight excluding hydrogens is 593 g/mol. The number of hydrogen-bond acceptors (Lipinski definition) is 4. The molecule has 0 radical (unpaired) electrons. The topological polar surface area (TPSA) is 86.8 Å². The molecule has 1 aliphatic rings. The second-order valence-electron chi connectivity index (χ2n) is 10.9. The lowest BCUT2D eigenvalue weighted by molar-refractivity contribution is -0.139. The average molecular weight is 631 g/mol. The van der Waals surface area contributed by atoms with E-state index in [0.717, 1.165) is 47.5 Å². The monoisotopic (exact) mass is 629 g/mol. The quantitative estimate of drug-likeness (QED) is 0.271. The third-order valence-corrected chi connectivity index (χ3v) is 9.92. The Labute approximate surface area is 258 Å². The van der Waals surface area contributed by atoms with Crippen molar-refractivity contribution in [3.63, 3.8) is 0 Å². The lowest BCUT2D eigenvalue weighted by atomic mass is 9.95. The van der Waals surface area contributed by atoms with E-state index in [4.69, 9.17) is 23.2 Å². The number of halogens is 2. The summed E-state index contributed by atoms with van der Waals surface area (Å²) in [4.78, 5) is 29.1. The molecule has 42 heavy (non-hydrogen) atoms. The minimum absolute atomic E-state index is 0.0553. The highest BCUT2D eigenvalue weighted by molar-refractivity contribution is 7.92. The van der Waals surface area contributed by atoms with Crippen molar-refractivity contribution in [3.8, 4) is 0 Å². The van der Waals surface area contributed by atoms with E-state index in [1.54, 1.807) is 62.4 Å². The van der Waals surface area contributed by atoms with Gasteiger partial charge in [0, 0.05) is 22.6 Å². The van der Waals surface area contributed by atoms with Gasteiger partial charge in [0.05, 0.1) is 10.6 Å². The summed E-state index contributed by atoms with van der Waals surface area (Å²) < 4.78 is 29.2. The van der Waals surface area contributed by atoms with Crippen molar-refractivity contribution in [2.75, 3.05) is 10.8 Å². The Bertz CT molecular complexity index is 1520. The van der Waals surface area contributed by atoms with Gasteiger partial charge in [0.25, 0.3) is 10.0 Å². The van der Waals surface area contributed by atoms with Crippen LogP contribution in [0, 0.1) is 13.8 Å². The van der Waals surface area contributed by atoms with Crippen LogP contribution in [0.4, 0.5) is 5.69 Å². The third-order valence-electron chi connectivity index (χ3n) is 7.68. The van der Waals surface area contributed by atoms with Gasteiger partial charge >= 0.3 is 0 Å². The van der Waals surface area contributed by atoms with Gasteiger partial charge in [-0.25, -0.2) is 8.42 Å². The van der Waals surface area contributed by atoms with Crippen molar-refractivity contribution in [1.29, 1.82) is 0 Å². The number of benzene rings is 3. The molecule has 1 saturated carbocycles. The standard InChI is InChI=1S/C32H37Cl2N3O4S/c1-22-12-15-29(16-13-22)42(40,41)37(30-17-14-27(34)18-23(30)2)21-31(38)36(20-25-8-7-9-26(33)19-25)24(3)32(39)35-28-10-5-4-6-11-28/h7-9,12-19,24,28H,4-6,10-11,20-21H2,1-3H3,(H,35,39)/t24-/m0/s1. The summed E-state index contributed by atoms with van der Waals surface area (Å²) in [5.74, 6) is -0.792. The Kier molecular flexibility index (Phi) is 10.6. The molecule has 10 heteroatoms. The van der Waals surface area contributed by atoms with E-state index in [2.05, 4.69) is 5.32 Å². The van der Waals surface area contributed by atoms with E-state index >= 15 is 0 Å². The Balaban J connectivity index is 1.70. The van der Waals surface area contributed by atoms with Crippen molar-refractivity contribution >= 4 is 50.7 Å². The summed E-state index contributed by atoms with van der Waals surface area (Å²) in [6, 6.07) is 17.6. The summed E-state index contributed by atoms with van der Waals surface area (Å²) in [5, 5.41) is 4.06. The normalized spacial score (nSPS) is 14.7. The van der Waals surface area contributed by atoms with Crippen LogP contribution in [0.25, 0.3) is 0 Å². The third kappa shape index (κ3) is 7.85. The van der Waals surface area contributed by atoms with E-state index in [9.17, 15) is 18.0 Å². The fourth-order valence-electron chi connectivity index (χ4n) is 5.23. The predicted octanol–water partition coefficient (Wildman–Crippen LogP) is 6.67. The second kappa shape index (κ2) is 13.9. The fraction of sp³-hybridized carbons (Fsp3) is 0.375. The average Bonchev–Trinajstić information content (AvgIpc) is 2.95. The van der Waals surface area contributed by atoms with E-state index in [1.807, 2.05) is 13.0 Å². The zero-order chi connectivity index (χ0) is 30.4. The first-order valence-corrected chi connectivity index (χ1v) is 16.3. The summed E-state index contributed by atoms with van der Waals surface area (Å²) in [6.45, 7) is 4.85. The van der Waals surface area contributed by atoms with Crippen LogP contribution < -0.4 is 9.62 Å². The highest BCUT2D eigenvalue weighted by Gasteiger charge is 2.33. The summed E-state index contributed by atoms with van der Waals surface area (Å²) in [6.07, 6.45) is 5.06. The lowest BCUT2D eigenvalue weighted by Crippen LogP contribution is -2.53. The number of hydrogen-bond donors (Lipinski definition) is 1. The maximum absolute atomic E-state index is 14.1. The largest absolute Gasteiger partial charge is 0.352 e. The van der Waals surface area contributed by atoms with Crippen molar-refractivity contribution in [1.82, 2.24) is 10.2 Å². The summed E-state index contributed by atoms with van der Waals surface area (Å²) in [5.41, 5.74) is 2.55. The Morgan fingerprint density at radius 1 is 0.929 bits per heavy atom. The molecule has 4 rings (SSSR count). The molecule has 1 atom stereocenters. The number of carbonyl (C=O) groups is 2. The minimum atomic E-state index is -4.16. The highest BCUT2D eigenvalue weighted by atomic mass is 35.5. The number of amides is 2. The first kappa shape index (κ1) is 31.9. The molecule has 7 nitrogen and oxygen atoms in total. The van der Waals surface area contributed by atoms with Gasteiger partial charge in [0.2, 0.25) is 11.8 Å². The Morgan fingerprint density at radius 3 is 2.24 bits per heavy atom. The smallest absolute Gasteiger partial charge is 0.264 e. The zero-order valence-electron chi connectivity index (χ0n) is 24.1. The molecule has 0 aromatic heterocycles.